The molecule has 1 aliphatic carbocycles. The molecule has 1 amide bonds. The van der Waals surface area contributed by atoms with Crippen molar-refractivity contribution in [3.8, 4) is 0 Å². The van der Waals surface area contributed by atoms with Crippen LogP contribution in [-0.2, 0) is 4.79 Å². The molecule has 1 heterocycles. The smallest absolute Gasteiger partial charge is 0.223 e. The van der Waals surface area contributed by atoms with Gasteiger partial charge in [-0.2, -0.15) is 0 Å². The zero-order valence-electron chi connectivity index (χ0n) is 11.9. The quantitative estimate of drug-likeness (QED) is 0.774. The van der Waals surface area contributed by atoms with E-state index in [4.69, 9.17) is 5.73 Å². The number of carbonyl (C=O) groups is 1. The Hall–Kier alpha value is -0.290. The SMILES string of the molecule is C=CCN1CCC(NC(=O)C2CCC(N)C2)CC1.Cl.Cl. The fourth-order valence-electron chi connectivity index (χ4n) is 3.02. The van der Waals surface area contributed by atoms with Gasteiger partial charge in [-0.15, -0.1) is 31.4 Å². The van der Waals surface area contributed by atoms with Crippen molar-refractivity contribution in [2.75, 3.05) is 19.6 Å². The van der Waals surface area contributed by atoms with Gasteiger partial charge in [-0.25, -0.2) is 0 Å². The van der Waals surface area contributed by atoms with Gasteiger partial charge in [-0.05, 0) is 32.1 Å². The molecule has 1 saturated carbocycles. The third kappa shape index (κ3) is 5.60. The molecule has 0 radical (unpaired) electrons. The maximum atomic E-state index is 12.1. The molecule has 2 rings (SSSR count). The normalized spacial score (nSPS) is 27.2. The first-order valence-electron chi connectivity index (χ1n) is 7.08. The molecule has 0 spiro atoms. The van der Waals surface area contributed by atoms with Crippen LogP contribution in [-0.4, -0.2) is 42.5 Å². The van der Waals surface area contributed by atoms with Crippen LogP contribution in [0.2, 0.25) is 0 Å². The second-order valence-corrected chi connectivity index (χ2v) is 5.64. The van der Waals surface area contributed by atoms with Gasteiger partial charge in [0.25, 0.3) is 0 Å². The molecule has 0 aromatic carbocycles. The number of nitrogens with two attached hydrogens (primary N) is 1. The molecule has 2 atom stereocenters. The molecule has 3 N–H and O–H groups in total. The lowest BCUT2D eigenvalue weighted by molar-refractivity contribution is -0.125. The molecule has 0 aromatic rings. The van der Waals surface area contributed by atoms with Crippen molar-refractivity contribution >= 4 is 30.7 Å². The van der Waals surface area contributed by atoms with Crippen LogP contribution in [0.25, 0.3) is 0 Å². The molecule has 20 heavy (non-hydrogen) atoms. The third-order valence-corrected chi connectivity index (χ3v) is 4.17. The van der Waals surface area contributed by atoms with Gasteiger partial charge in [0.2, 0.25) is 5.91 Å². The van der Waals surface area contributed by atoms with Crippen molar-refractivity contribution in [3.63, 3.8) is 0 Å². The van der Waals surface area contributed by atoms with Gasteiger partial charge in [0.15, 0.2) is 0 Å². The van der Waals surface area contributed by atoms with Gasteiger partial charge in [-0.1, -0.05) is 6.08 Å². The van der Waals surface area contributed by atoms with Crippen molar-refractivity contribution in [2.24, 2.45) is 11.7 Å². The highest BCUT2D eigenvalue weighted by atomic mass is 35.5. The van der Waals surface area contributed by atoms with E-state index in [1.54, 1.807) is 0 Å². The van der Waals surface area contributed by atoms with Gasteiger partial charge in [-0.3, -0.25) is 9.69 Å². The number of amides is 1. The van der Waals surface area contributed by atoms with Crippen molar-refractivity contribution < 1.29 is 4.79 Å². The van der Waals surface area contributed by atoms with E-state index in [1.807, 2.05) is 6.08 Å². The first kappa shape index (κ1) is 19.7. The molecule has 2 aliphatic rings. The topological polar surface area (TPSA) is 58.4 Å². The van der Waals surface area contributed by atoms with Gasteiger partial charge in [0, 0.05) is 37.6 Å². The largest absolute Gasteiger partial charge is 0.353 e. The van der Waals surface area contributed by atoms with Crippen LogP contribution in [0.4, 0.5) is 0 Å². The van der Waals surface area contributed by atoms with Crippen LogP contribution in [0, 0.1) is 5.92 Å². The lowest BCUT2D eigenvalue weighted by atomic mass is 10.0. The van der Waals surface area contributed by atoms with Crippen molar-refractivity contribution in [2.45, 2.75) is 44.2 Å². The Morgan fingerprint density at radius 2 is 1.90 bits per heavy atom. The molecule has 118 valence electrons. The van der Waals surface area contributed by atoms with Gasteiger partial charge in [0.05, 0.1) is 0 Å². The monoisotopic (exact) mass is 323 g/mol. The number of carbonyl (C=O) groups excluding carboxylic acids is 1. The minimum atomic E-state index is 0. The van der Waals surface area contributed by atoms with Crippen LogP contribution < -0.4 is 11.1 Å². The van der Waals surface area contributed by atoms with E-state index in [0.717, 1.165) is 51.7 Å². The number of hydrogen-bond acceptors (Lipinski definition) is 3. The van der Waals surface area contributed by atoms with E-state index in [-0.39, 0.29) is 42.7 Å². The highest BCUT2D eigenvalue weighted by Gasteiger charge is 2.29. The van der Waals surface area contributed by atoms with Crippen LogP contribution in [0.15, 0.2) is 12.7 Å². The fourth-order valence-corrected chi connectivity index (χ4v) is 3.02. The Labute approximate surface area is 134 Å². The van der Waals surface area contributed by atoms with E-state index in [0.29, 0.717) is 6.04 Å². The summed E-state index contributed by atoms with van der Waals surface area (Å²) in [6.45, 7) is 6.83. The van der Waals surface area contributed by atoms with Crippen LogP contribution in [0.1, 0.15) is 32.1 Å². The number of likely N-dealkylation sites (tertiary alicyclic amines) is 1. The summed E-state index contributed by atoms with van der Waals surface area (Å²) in [5.41, 5.74) is 5.85. The highest BCUT2D eigenvalue weighted by molar-refractivity contribution is 5.85. The molecule has 4 nitrogen and oxygen atoms in total. The number of rotatable bonds is 4. The van der Waals surface area contributed by atoms with Gasteiger partial charge in [0.1, 0.15) is 0 Å². The Balaban J connectivity index is 0.00000180. The van der Waals surface area contributed by atoms with Crippen LogP contribution in [0.5, 0.6) is 0 Å². The van der Waals surface area contributed by atoms with E-state index >= 15 is 0 Å². The van der Waals surface area contributed by atoms with E-state index in [2.05, 4.69) is 16.8 Å². The highest BCUT2D eigenvalue weighted by Crippen LogP contribution is 2.24. The summed E-state index contributed by atoms with van der Waals surface area (Å²) in [5, 5.41) is 3.20. The zero-order chi connectivity index (χ0) is 13.0. The van der Waals surface area contributed by atoms with Crippen LogP contribution in [0.3, 0.4) is 0 Å². The summed E-state index contributed by atoms with van der Waals surface area (Å²) in [6.07, 6.45) is 6.87. The predicted molar refractivity (Wildman–Crippen MR) is 87.6 cm³/mol. The van der Waals surface area contributed by atoms with Gasteiger partial charge >= 0.3 is 0 Å². The summed E-state index contributed by atoms with van der Waals surface area (Å²) >= 11 is 0. The van der Waals surface area contributed by atoms with E-state index in [1.165, 1.54) is 0 Å². The molecule has 6 heteroatoms. The number of hydrogen-bond donors (Lipinski definition) is 2. The van der Waals surface area contributed by atoms with Crippen molar-refractivity contribution in [1.29, 1.82) is 0 Å². The minimum absolute atomic E-state index is 0. The minimum Gasteiger partial charge on any atom is -0.353 e. The second-order valence-electron chi connectivity index (χ2n) is 5.64. The average Bonchev–Trinajstić information content (AvgIpc) is 2.79. The lowest BCUT2D eigenvalue weighted by Crippen LogP contribution is -2.46. The Kier molecular flexibility index (Phi) is 9.47. The zero-order valence-corrected chi connectivity index (χ0v) is 13.6. The van der Waals surface area contributed by atoms with E-state index < -0.39 is 0 Å². The van der Waals surface area contributed by atoms with Crippen LogP contribution >= 0.6 is 24.8 Å². The van der Waals surface area contributed by atoms with Crippen molar-refractivity contribution in [3.05, 3.63) is 12.7 Å². The molecular formula is C14H27Cl2N3O. The first-order valence-corrected chi connectivity index (χ1v) is 7.08. The lowest BCUT2D eigenvalue weighted by Gasteiger charge is -2.32. The molecular weight excluding hydrogens is 297 g/mol. The first-order chi connectivity index (χ1) is 8.69. The molecule has 2 unspecified atom stereocenters. The molecule has 1 aliphatic heterocycles. The molecule has 0 bridgehead atoms. The van der Waals surface area contributed by atoms with Crippen molar-refractivity contribution in [1.82, 2.24) is 10.2 Å². The van der Waals surface area contributed by atoms with Gasteiger partial charge < -0.3 is 11.1 Å². The number of piperidine rings is 1. The fraction of sp³-hybridized carbons (Fsp3) is 0.786. The molecule has 0 aromatic heterocycles. The maximum Gasteiger partial charge on any atom is 0.223 e. The van der Waals surface area contributed by atoms with E-state index in [9.17, 15) is 4.79 Å². The predicted octanol–water partition coefficient (Wildman–Crippen LogP) is 1.72. The summed E-state index contributed by atoms with van der Waals surface area (Å²) in [4.78, 5) is 14.4. The Morgan fingerprint density at radius 1 is 1.25 bits per heavy atom. The molecule has 2 fully saturated rings. The number of nitrogens with zero attached hydrogens (tertiary/aromatic N) is 1. The number of nitrogens with one attached hydrogen (secondary N) is 1. The average molecular weight is 324 g/mol. The Bertz CT molecular complexity index is 307. The summed E-state index contributed by atoms with van der Waals surface area (Å²) < 4.78 is 0. The maximum absolute atomic E-state index is 12.1. The summed E-state index contributed by atoms with van der Waals surface area (Å²) in [6, 6.07) is 0.588. The third-order valence-electron chi connectivity index (χ3n) is 4.17. The second kappa shape index (κ2) is 9.61. The Morgan fingerprint density at radius 3 is 2.40 bits per heavy atom. The number of halogens is 2. The summed E-state index contributed by atoms with van der Waals surface area (Å²) in [7, 11) is 0. The summed E-state index contributed by atoms with van der Waals surface area (Å²) in [5.74, 6) is 0.385. The molecule has 1 saturated heterocycles. The standard InChI is InChI=1S/C14H25N3O.2ClH/c1-2-7-17-8-5-13(6-9-17)16-14(18)11-3-4-12(15)10-11;;/h2,11-13H,1,3-10,15H2,(H,16,18);2*1H.